The number of carbonyl (C=O) groups is 2. The first kappa shape index (κ1) is 15.2. The molecule has 0 saturated heterocycles. The molecule has 0 aromatic heterocycles. The number of carboxylic acids is 1. The summed E-state index contributed by atoms with van der Waals surface area (Å²) in [7, 11) is 0. The number of carboxylic acid groups (broad SMARTS) is 1. The zero-order valence-corrected chi connectivity index (χ0v) is 12.4. The molecule has 0 aliphatic heterocycles. The Morgan fingerprint density at radius 2 is 1.67 bits per heavy atom. The van der Waals surface area contributed by atoms with Gasteiger partial charge in [-0.15, -0.1) is 0 Å². The number of aromatic carboxylic acids is 1. The normalized spacial score (nSPS) is 10.2. The average molecular weight is 350 g/mol. The van der Waals surface area contributed by atoms with Crippen molar-refractivity contribution in [1.82, 2.24) is 0 Å². The second-order valence-corrected chi connectivity index (χ2v) is 5.16. The van der Waals surface area contributed by atoms with E-state index in [4.69, 9.17) is 10.2 Å². The van der Waals surface area contributed by atoms with Gasteiger partial charge in [-0.25, -0.2) is 4.79 Å². The molecule has 0 unspecified atom stereocenters. The summed E-state index contributed by atoms with van der Waals surface area (Å²) < 4.78 is 0.489. The van der Waals surface area contributed by atoms with Gasteiger partial charge in [0, 0.05) is 10.0 Å². The van der Waals surface area contributed by atoms with E-state index in [0.717, 1.165) is 5.56 Å². The minimum absolute atomic E-state index is 0.0793. The van der Waals surface area contributed by atoms with Gasteiger partial charge in [0.2, 0.25) is 0 Å². The molecule has 108 valence electrons. The van der Waals surface area contributed by atoms with Gasteiger partial charge in [-0.3, -0.25) is 4.79 Å². The molecule has 0 aliphatic rings. The van der Waals surface area contributed by atoms with E-state index in [0.29, 0.717) is 15.7 Å². The number of rotatable bonds is 4. The van der Waals surface area contributed by atoms with Crippen molar-refractivity contribution >= 4 is 33.5 Å². The summed E-state index contributed by atoms with van der Waals surface area (Å²) in [6, 6.07) is 10.9. The molecule has 2 aromatic carbocycles. The summed E-state index contributed by atoms with van der Waals surface area (Å²) >= 11 is 3.23. The zero-order valence-electron chi connectivity index (χ0n) is 10.8. The monoisotopic (exact) mass is 349 g/mol. The van der Waals surface area contributed by atoms with Crippen LogP contribution in [0.3, 0.4) is 0 Å². The first-order valence-electron chi connectivity index (χ1n) is 6.05. The fourth-order valence-corrected chi connectivity index (χ4v) is 2.18. The Labute approximate surface area is 129 Å². The second-order valence-electron chi connectivity index (χ2n) is 4.31. The summed E-state index contributed by atoms with van der Waals surface area (Å²) in [5.74, 6) is -1.35. The van der Waals surface area contributed by atoms with Crippen molar-refractivity contribution in [3.05, 3.63) is 63.6 Å². The molecular weight excluding hydrogens is 338 g/mol. The molecule has 0 saturated carbocycles. The van der Waals surface area contributed by atoms with Crippen LogP contribution in [0.4, 0.5) is 5.69 Å². The van der Waals surface area contributed by atoms with Crippen molar-refractivity contribution in [1.29, 1.82) is 0 Å². The summed E-state index contributed by atoms with van der Waals surface area (Å²) in [6.45, 7) is -0.0793. The highest BCUT2D eigenvalue weighted by Gasteiger charge is 2.10. The van der Waals surface area contributed by atoms with Crippen molar-refractivity contribution < 1.29 is 19.8 Å². The average Bonchev–Trinajstić information content (AvgIpc) is 2.49. The minimum Gasteiger partial charge on any atom is -0.478 e. The van der Waals surface area contributed by atoms with Crippen LogP contribution >= 0.6 is 15.9 Å². The number of hydrogen-bond acceptors (Lipinski definition) is 3. The largest absolute Gasteiger partial charge is 0.478 e. The number of benzene rings is 2. The molecule has 6 heteroatoms. The molecule has 0 bridgehead atoms. The third-order valence-corrected chi connectivity index (χ3v) is 3.52. The van der Waals surface area contributed by atoms with Crippen LogP contribution in [-0.4, -0.2) is 22.1 Å². The van der Waals surface area contributed by atoms with E-state index in [1.165, 1.54) is 18.2 Å². The van der Waals surface area contributed by atoms with Crippen LogP contribution in [0.2, 0.25) is 0 Å². The molecular formula is C15H12BrNO4. The number of nitrogens with one attached hydrogen (secondary N) is 1. The SMILES string of the molecule is O=C(O)c1ccc(NC(=O)c2ccc(CO)cc2)c(Br)c1. The lowest BCUT2D eigenvalue weighted by Crippen LogP contribution is -2.12. The van der Waals surface area contributed by atoms with Crippen molar-refractivity contribution in [3.63, 3.8) is 0 Å². The summed E-state index contributed by atoms with van der Waals surface area (Å²) in [6.07, 6.45) is 0. The lowest BCUT2D eigenvalue weighted by molar-refractivity contribution is 0.0696. The number of aliphatic hydroxyl groups is 1. The first-order valence-corrected chi connectivity index (χ1v) is 6.84. The summed E-state index contributed by atoms with van der Waals surface area (Å²) in [5.41, 5.74) is 1.78. The number of anilines is 1. The van der Waals surface area contributed by atoms with Gasteiger partial charge in [-0.1, -0.05) is 12.1 Å². The van der Waals surface area contributed by atoms with Crippen molar-refractivity contribution in [2.75, 3.05) is 5.32 Å². The van der Waals surface area contributed by atoms with E-state index in [2.05, 4.69) is 21.2 Å². The molecule has 0 radical (unpaired) electrons. The molecule has 0 fully saturated rings. The molecule has 2 aromatic rings. The highest BCUT2D eigenvalue weighted by molar-refractivity contribution is 9.10. The van der Waals surface area contributed by atoms with Gasteiger partial charge in [-0.05, 0) is 51.8 Å². The van der Waals surface area contributed by atoms with Gasteiger partial charge in [0.05, 0.1) is 17.9 Å². The Balaban J connectivity index is 2.17. The van der Waals surface area contributed by atoms with Crippen molar-refractivity contribution in [2.24, 2.45) is 0 Å². The standard InChI is InChI=1S/C15H12BrNO4/c16-12-7-11(15(20)21)5-6-13(12)17-14(19)10-3-1-9(8-18)2-4-10/h1-7,18H,8H2,(H,17,19)(H,20,21). The first-order chi connectivity index (χ1) is 10.0. The Kier molecular flexibility index (Phi) is 4.72. The van der Waals surface area contributed by atoms with Crippen LogP contribution in [0, 0.1) is 0 Å². The predicted molar refractivity (Wildman–Crippen MR) is 81.4 cm³/mol. The van der Waals surface area contributed by atoms with Crippen LogP contribution < -0.4 is 5.32 Å². The van der Waals surface area contributed by atoms with Gasteiger partial charge in [-0.2, -0.15) is 0 Å². The lowest BCUT2D eigenvalue weighted by Gasteiger charge is -2.08. The topological polar surface area (TPSA) is 86.6 Å². The Hall–Kier alpha value is -2.18. The molecule has 3 N–H and O–H groups in total. The van der Waals surface area contributed by atoms with Gasteiger partial charge in [0.15, 0.2) is 0 Å². The minimum atomic E-state index is -1.03. The van der Waals surface area contributed by atoms with E-state index in [9.17, 15) is 9.59 Å². The summed E-state index contributed by atoms with van der Waals surface area (Å²) in [4.78, 5) is 22.9. The number of carbonyl (C=O) groups excluding carboxylic acids is 1. The highest BCUT2D eigenvalue weighted by Crippen LogP contribution is 2.24. The van der Waals surface area contributed by atoms with E-state index in [-0.39, 0.29) is 18.1 Å². The molecule has 5 nitrogen and oxygen atoms in total. The number of hydrogen-bond donors (Lipinski definition) is 3. The molecule has 1 amide bonds. The smallest absolute Gasteiger partial charge is 0.335 e. The molecule has 0 heterocycles. The molecule has 21 heavy (non-hydrogen) atoms. The number of amides is 1. The fourth-order valence-electron chi connectivity index (χ4n) is 1.71. The van der Waals surface area contributed by atoms with Crippen LogP contribution in [0.1, 0.15) is 26.3 Å². The fraction of sp³-hybridized carbons (Fsp3) is 0.0667. The number of aliphatic hydroxyl groups excluding tert-OH is 1. The van der Waals surface area contributed by atoms with Crippen LogP contribution in [0.25, 0.3) is 0 Å². The molecule has 0 spiro atoms. The van der Waals surface area contributed by atoms with E-state index in [1.54, 1.807) is 24.3 Å². The Morgan fingerprint density at radius 3 is 2.19 bits per heavy atom. The lowest BCUT2D eigenvalue weighted by atomic mass is 10.1. The maximum atomic E-state index is 12.1. The Morgan fingerprint density at radius 1 is 1.05 bits per heavy atom. The molecule has 2 rings (SSSR count). The van der Waals surface area contributed by atoms with E-state index < -0.39 is 5.97 Å². The zero-order chi connectivity index (χ0) is 15.4. The third-order valence-electron chi connectivity index (χ3n) is 2.86. The second kappa shape index (κ2) is 6.51. The van der Waals surface area contributed by atoms with Crippen LogP contribution in [0.5, 0.6) is 0 Å². The van der Waals surface area contributed by atoms with Crippen molar-refractivity contribution in [3.8, 4) is 0 Å². The predicted octanol–water partition coefficient (Wildman–Crippen LogP) is 2.89. The Bertz CT molecular complexity index is 683. The highest BCUT2D eigenvalue weighted by atomic mass is 79.9. The van der Waals surface area contributed by atoms with E-state index >= 15 is 0 Å². The van der Waals surface area contributed by atoms with E-state index in [1.807, 2.05) is 0 Å². The maximum absolute atomic E-state index is 12.1. The summed E-state index contributed by atoms with van der Waals surface area (Å²) in [5, 5.41) is 20.5. The van der Waals surface area contributed by atoms with Gasteiger partial charge in [0.25, 0.3) is 5.91 Å². The van der Waals surface area contributed by atoms with Gasteiger partial charge in [0.1, 0.15) is 0 Å². The third kappa shape index (κ3) is 3.68. The molecule has 0 atom stereocenters. The van der Waals surface area contributed by atoms with Gasteiger partial charge < -0.3 is 15.5 Å². The van der Waals surface area contributed by atoms with Crippen LogP contribution in [0.15, 0.2) is 46.9 Å². The number of halogens is 1. The maximum Gasteiger partial charge on any atom is 0.335 e. The van der Waals surface area contributed by atoms with Crippen molar-refractivity contribution in [2.45, 2.75) is 6.61 Å². The quantitative estimate of drug-likeness (QED) is 0.791. The van der Waals surface area contributed by atoms with Gasteiger partial charge >= 0.3 is 5.97 Å². The van der Waals surface area contributed by atoms with Crippen LogP contribution in [-0.2, 0) is 6.61 Å². The molecule has 0 aliphatic carbocycles.